The van der Waals surface area contributed by atoms with Crippen molar-refractivity contribution < 1.29 is 32.3 Å². The average Bonchev–Trinajstić information content (AvgIpc) is 3.42. The van der Waals surface area contributed by atoms with Crippen molar-refractivity contribution in [2.75, 3.05) is 12.0 Å². The molecule has 0 spiro atoms. The number of carbonyl (C=O) groups excluding carboxylic acids is 3. The van der Waals surface area contributed by atoms with Gasteiger partial charge in [0.25, 0.3) is 5.91 Å². The van der Waals surface area contributed by atoms with E-state index in [1.54, 1.807) is 36.4 Å². The van der Waals surface area contributed by atoms with Gasteiger partial charge in [0.15, 0.2) is 5.78 Å². The molecule has 36 heavy (non-hydrogen) atoms. The molecule has 4 rings (SSSR count). The van der Waals surface area contributed by atoms with Crippen molar-refractivity contribution in [3.05, 3.63) is 70.2 Å². The van der Waals surface area contributed by atoms with Crippen LogP contribution in [-0.2, 0) is 21.2 Å². The molecule has 1 amide bonds. The van der Waals surface area contributed by atoms with Crippen molar-refractivity contribution >= 4 is 33.9 Å². The highest BCUT2D eigenvalue weighted by Crippen LogP contribution is 2.44. The smallest absolute Gasteiger partial charge is 0.445 e. The summed E-state index contributed by atoms with van der Waals surface area (Å²) < 4.78 is 44.7. The standard InChI is InChI=1S/C25H22F3N3O4S/c1-24(2,3)15-9-5-13(6-10-15)18-17(19(32)14-7-11-16(35-4)12-8-14)20(33)21(34)31(18)23-30-29-22(36-23)25(26,27)28/h5-12,17-18H,1-4H3. The summed E-state index contributed by atoms with van der Waals surface area (Å²) in [5, 5.41) is 5.03. The quantitative estimate of drug-likeness (QED) is 0.268. The highest BCUT2D eigenvalue weighted by molar-refractivity contribution is 7.15. The number of amides is 1. The first kappa shape index (κ1) is 25.5. The van der Waals surface area contributed by atoms with Crippen molar-refractivity contribution in [2.45, 2.75) is 38.4 Å². The van der Waals surface area contributed by atoms with E-state index >= 15 is 0 Å². The number of anilines is 1. The number of methoxy groups -OCH3 is 1. The van der Waals surface area contributed by atoms with Crippen LogP contribution in [0, 0.1) is 5.92 Å². The van der Waals surface area contributed by atoms with Crippen molar-refractivity contribution in [3.63, 3.8) is 0 Å². The molecule has 0 bridgehead atoms. The second-order valence-electron chi connectivity index (χ2n) is 9.31. The van der Waals surface area contributed by atoms with E-state index in [-0.39, 0.29) is 22.3 Å². The molecule has 1 fully saturated rings. The lowest BCUT2D eigenvalue weighted by Crippen LogP contribution is -2.30. The first-order valence-corrected chi connectivity index (χ1v) is 11.7. The number of ether oxygens (including phenoxy) is 1. The zero-order valence-electron chi connectivity index (χ0n) is 19.8. The Morgan fingerprint density at radius 2 is 1.58 bits per heavy atom. The van der Waals surface area contributed by atoms with Gasteiger partial charge >= 0.3 is 6.18 Å². The molecule has 3 aromatic rings. The van der Waals surface area contributed by atoms with Crippen LogP contribution in [-0.4, -0.2) is 34.8 Å². The largest absolute Gasteiger partial charge is 0.497 e. The molecule has 0 saturated carbocycles. The van der Waals surface area contributed by atoms with Crippen molar-refractivity contribution in [3.8, 4) is 5.75 Å². The van der Waals surface area contributed by atoms with E-state index < -0.39 is 45.7 Å². The van der Waals surface area contributed by atoms with Crippen molar-refractivity contribution in [1.82, 2.24) is 10.2 Å². The number of alkyl halides is 3. The van der Waals surface area contributed by atoms with Crippen LogP contribution in [0.4, 0.5) is 18.3 Å². The Bertz CT molecular complexity index is 1310. The number of halogens is 3. The molecule has 2 unspecified atom stereocenters. The van der Waals surface area contributed by atoms with Crippen LogP contribution in [0.15, 0.2) is 48.5 Å². The number of aromatic nitrogens is 2. The molecule has 1 saturated heterocycles. The molecule has 2 atom stereocenters. The van der Waals surface area contributed by atoms with E-state index in [4.69, 9.17) is 4.74 Å². The number of carbonyl (C=O) groups is 3. The first-order chi connectivity index (χ1) is 16.8. The van der Waals surface area contributed by atoms with Crippen LogP contribution in [0.25, 0.3) is 0 Å². The summed E-state index contributed by atoms with van der Waals surface area (Å²) in [6, 6.07) is 11.8. The predicted octanol–water partition coefficient (Wildman–Crippen LogP) is 5.02. The van der Waals surface area contributed by atoms with Crippen LogP contribution in [0.5, 0.6) is 5.75 Å². The Kier molecular flexibility index (Phi) is 6.46. The number of Topliss-reactive ketones (excluding diaryl/α,β-unsaturated/α-hetero) is 2. The fourth-order valence-corrected chi connectivity index (χ4v) is 4.77. The van der Waals surface area contributed by atoms with Crippen molar-refractivity contribution in [2.24, 2.45) is 5.92 Å². The normalized spacial score (nSPS) is 18.6. The number of hydrogen-bond acceptors (Lipinski definition) is 7. The molecule has 7 nitrogen and oxygen atoms in total. The molecule has 2 aromatic carbocycles. The second kappa shape index (κ2) is 9.12. The van der Waals surface area contributed by atoms with Crippen LogP contribution in [0.3, 0.4) is 0 Å². The van der Waals surface area contributed by atoms with E-state index in [9.17, 15) is 27.6 Å². The third-order valence-corrected chi connectivity index (χ3v) is 6.91. The lowest BCUT2D eigenvalue weighted by atomic mass is 9.83. The summed E-state index contributed by atoms with van der Waals surface area (Å²) in [6.07, 6.45) is -4.77. The van der Waals surface area contributed by atoms with Gasteiger partial charge < -0.3 is 4.74 Å². The van der Waals surface area contributed by atoms with Gasteiger partial charge in [-0.1, -0.05) is 56.4 Å². The van der Waals surface area contributed by atoms with Gasteiger partial charge in [-0.05, 0) is 40.8 Å². The number of nitrogens with zero attached hydrogens (tertiary/aromatic N) is 3. The minimum Gasteiger partial charge on any atom is -0.497 e. The number of ketones is 2. The van der Waals surface area contributed by atoms with Gasteiger partial charge in [0, 0.05) is 5.56 Å². The van der Waals surface area contributed by atoms with E-state index in [0.29, 0.717) is 11.3 Å². The van der Waals surface area contributed by atoms with Gasteiger partial charge in [-0.15, -0.1) is 10.2 Å². The highest BCUT2D eigenvalue weighted by atomic mass is 32.1. The summed E-state index contributed by atoms with van der Waals surface area (Å²) in [7, 11) is 1.46. The molecular weight excluding hydrogens is 495 g/mol. The molecule has 0 aliphatic carbocycles. The topological polar surface area (TPSA) is 89.5 Å². The monoisotopic (exact) mass is 517 g/mol. The van der Waals surface area contributed by atoms with Gasteiger partial charge in [0.1, 0.15) is 11.7 Å². The fourth-order valence-electron chi connectivity index (χ4n) is 4.02. The van der Waals surface area contributed by atoms with Crippen LogP contribution >= 0.6 is 11.3 Å². The second-order valence-corrected chi connectivity index (χ2v) is 10.3. The zero-order valence-corrected chi connectivity index (χ0v) is 20.6. The summed E-state index contributed by atoms with van der Waals surface area (Å²) in [6.45, 7) is 6.02. The molecule has 0 N–H and O–H groups in total. The molecule has 1 aliphatic heterocycles. The maximum Gasteiger partial charge on any atom is 0.445 e. The SMILES string of the molecule is COc1ccc(C(=O)C2C(=O)C(=O)N(c3nnc(C(F)(F)F)s3)C2c2ccc(C(C)(C)C)cc2)cc1. The van der Waals surface area contributed by atoms with E-state index in [2.05, 4.69) is 10.2 Å². The van der Waals surface area contributed by atoms with E-state index in [1.165, 1.54) is 19.2 Å². The third kappa shape index (κ3) is 4.62. The van der Waals surface area contributed by atoms with Gasteiger partial charge in [-0.25, -0.2) is 0 Å². The molecule has 1 aliphatic rings. The Labute approximate surface area is 208 Å². The fraction of sp³-hybridized carbons (Fsp3) is 0.320. The average molecular weight is 518 g/mol. The Morgan fingerprint density at radius 1 is 0.972 bits per heavy atom. The number of benzene rings is 2. The molecule has 0 radical (unpaired) electrons. The number of rotatable bonds is 5. The lowest BCUT2D eigenvalue weighted by Gasteiger charge is -2.26. The van der Waals surface area contributed by atoms with Gasteiger partial charge in [0.2, 0.25) is 15.9 Å². The lowest BCUT2D eigenvalue weighted by molar-refractivity contribution is -0.138. The Hall–Kier alpha value is -3.60. The van der Waals surface area contributed by atoms with Gasteiger partial charge in [-0.3, -0.25) is 19.3 Å². The minimum atomic E-state index is -4.77. The third-order valence-electron chi connectivity index (χ3n) is 5.94. The Balaban J connectivity index is 1.83. The van der Waals surface area contributed by atoms with Crippen LogP contribution < -0.4 is 9.64 Å². The highest BCUT2D eigenvalue weighted by Gasteiger charge is 2.54. The van der Waals surface area contributed by atoms with Gasteiger partial charge in [-0.2, -0.15) is 13.2 Å². The van der Waals surface area contributed by atoms with Crippen LogP contribution in [0.2, 0.25) is 0 Å². The predicted molar refractivity (Wildman–Crippen MR) is 126 cm³/mol. The molecule has 11 heteroatoms. The van der Waals surface area contributed by atoms with E-state index in [1.807, 2.05) is 20.8 Å². The summed E-state index contributed by atoms with van der Waals surface area (Å²) in [4.78, 5) is 40.6. The summed E-state index contributed by atoms with van der Waals surface area (Å²) >= 11 is 0.141. The van der Waals surface area contributed by atoms with Crippen LogP contribution in [0.1, 0.15) is 53.3 Å². The Morgan fingerprint density at radius 3 is 2.08 bits per heavy atom. The minimum absolute atomic E-state index is 0.141. The maximum atomic E-state index is 13.5. The molecule has 1 aromatic heterocycles. The molecule has 2 heterocycles. The van der Waals surface area contributed by atoms with E-state index in [0.717, 1.165) is 10.5 Å². The summed E-state index contributed by atoms with van der Waals surface area (Å²) in [5.74, 6) is -3.76. The summed E-state index contributed by atoms with van der Waals surface area (Å²) in [5.41, 5.74) is 1.34. The molecule has 188 valence electrons. The number of hydrogen-bond donors (Lipinski definition) is 0. The van der Waals surface area contributed by atoms with Crippen molar-refractivity contribution in [1.29, 1.82) is 0 Å². The maximum absolute atomic E-state index is 13.5. The zero-order chi connectivity index (χ0) is 26.4. The first-order valence-electron chi connectivity index (χ1n) is 10.9. The molecular formula is C25H22F3N3O4S. The van der Waals surface area contributed by atoms with Gasteiger partial charge in [0.05, 0.1) is 13.2 Å².